The quantitative estimate of drug-likeness (QED) is 0.271. The van der Waals surface area contributed by atoms with Gasteiger partial charge in [-0.25, -0.2) is 9.59 Å². The van der Waals surface area contributed by atoms with Crippen LogP contribution in [0.4, 0.5) is 5.69 Å². The van der Waals surface area contributed by atoms with E-state index in [1.165, 1.54) is 17.8 Å². The van der Waals surface area contributed by atoms with E-state index >= 15 is 0 Å². The highest BCUT2D eigenvalue weighted by Gasteiger charge is 2.48. The molecule has 4 rings (SSSR count). The molecule has 1 aromatic carbocycles. The summed E-state index contributed by atoms with van der Waals surface area (Å²) in [5.74, 6) is -1.65. The van der Waals surface area contributed by atoms with Crippen LogP contribution in [0.2, 0.25) is 0 Å². The zero-order chi connectivity index (χ0) is 26.3. The van der Waals surface area contributed by atoms with Crippen LogP contribution in [0.3, 0.4) is 0 Å². The topological polar surface area (TPSA) is 138 Å². The van der Waals surface area contributed by atoms with Crippen LogP contribution in [0.1, 0.15) is 39.4 Å². The molecule has 2 aliphatic rings. The minimum Gasteiger partial charge on any atom is -0.462 e. The molecule has 0 radical (unpaired) electrons. The summed E-state index contributed by atoms with van der Waals surface area (Å²) in [5, 5.41) is 11.3. The molecule has 2 aliphatic heterocycles. The molecule has 2 unspecified atom stereocenters. The number of esters is 2. The number of rotatable bonds is 6. The number of thioether (sulfide) groups is 1. The van der Waals surface area contributed by atoms with Crippen LogP contribution in [-0.2, 0) is 23.8 Å². The van der Waals surface area contributed by atoms with Crippen molar-refractivity contribution in [1.29, 1.82) is 0 Å². The van der Waals surface area contributed by atoms with Gasteiger partial charge in [-0.1, -0.05) is 11.8 Å². The van der Waals surface area contributed by atoms with Crippen molar-refractivity contribution < 1.29 is 33.1 Å². The molecule has 0 fully saturated rings. The first-order valence-electron chi connectivity index (χ1n) is 10.9. The van der Waals surface area contributed by atoms with E-state index in [1.807, 2.05) is 6.92 Å². The fraction of sp³-hybridized carbons (Fsp3) is 0.348. The van der Waals surface area contributed by atoms with Gasteiger partial charge in [0, 0.05) is 22.7 Å². The monoisotopic (exact) mass is 580 g/mol. The number of hydrogen-bond acceptors (Lipinski definition) is 11. The van der Waals surface area contributed by atoms with E-state index in [2.05, 4.69) is 15.9 Å². The summed E-state index contributed by atoms with van der Waals surface area (Å²) in [6.45, 7) is 6.90. The Morgan fingerprint density at radius 1 is 1.19 bits per heavy atom. The second-order valence-corrected chi connectivity index (χ2v) is 9.84. The molecule has 2 aromatic rings. The lowest BCUT2D eigenvalue weighted by atomic mass is 9.97. The van der Waals surface area contributed by atoms with Crippen LogP contribution in [0, 0.1) is 10.1 Å². The molecule has 0 aliphatic carbocycles. The highest BCUT2D eigenvalue weighted by atomic mass is 79.9. The molecule has 2 atom stereocenters. The number of carbonyl (C=O) groups is 2. The molecule has 0 spiro atoms. The SMILES string of the molecule is CCOC(=O)C1=C(C(=O)OCC)N2C(C)=C(C)SC2OC1c1coc2c(Br)cc([N+](=O)[O-])cc2c1=O. The second-order valence-electron chi connectivity index (χ2n) is 7.74. The summed E-state index contributed by atoms with van der Waals surface area (Å²) in [4.78, 5) is 53.1. The summed E-state index contributed by atoms with van der Waals surface area (Å²) in [7, 11) is 0. The number of hydrogen-bond donors (Lipinski definition) is 0. The molecule has 36 heavy (non-hydrogen) atoms. The third-order valence-electron chi connectivity index (χ3n) is 5.67. The first kappa shape index (κ1) is 25.9. The molecule has 0 amide bonds. The van der Waals surface area contributed by atoms with Crippen molar-refractivity contribution in [2.24, 2.45) is 0 Å². The minimum atomic E-state index is -1.37. The van der Waals surface area contributed by atoms with Gasteiger partial charge in [0.05, 0.1) is 33.6 Å². The third kappa shape index (κ3) is 4.31. The fourth-order valence-electron chi connectivity index (χ4n) is 3.95. The van der Waals surface area contributed by atoms with Gasteiger partial charge in [-0.15, -0.1) is 0 Å². The van der Waals surface area contributed by atoms with Crippen LogP contribution >= 0.6 is 27.7 Å². The van der Waals surface area contributed by atoms with Crippen molar-refractivity contribution in [3.05, 3.63) is 70.6 Å². The highest BCUT2D eigenvalue weighted by molar-refractivity contribution is 9.10. The normalized spacial score (nSPS) is 19.5. The van der Waals surface area contributed by atoms with E-state index in [4.69, 9.17) is 18.6 Å². The summed E-state index contributed by atoms with van der Waals surface area (Å²) >= 11 is 4.49. The number of halogens is 1. The molecule has 13 heteroatoms. The Balaban J connectivity index is 2.00. The zero-order valence-electron chi connectivity index (χ0n) is 19.7. The largest absolute Gasteiger partial charge is 0.462 e. The lowest BCUT2D eigenvalue weighted by Crippen LogP contribution is -2.43. The predicted octanol–water partition coefficient (Wildman–Crippen LogP) is 4.50. The summed E-state index contributed by atoms with van der Waals surface area (Å²) < 4.78 is 22.5. The van der Waals surface area contributed by atoms with Crippen LogP contribution in [0.15, 0.2) is 54.0 Å². The van der Waals surface area contributed by atoms with Gasteiger partial charge in [-0.2, -0.15) is 0 Å². The Bertz CT molecular complexity index is 1410. The van der Waals surface area contributed by atoms with Crippen LogP contribution in [-0.4, -0.2) is 40.5 Å². The number of fused-ring (bicyclic) bond motifs is 2. The molecule has 1 aromatic heterocycles. The zero-order valence-corrected chi connectivity index (χ0v) is 22.1. The van der Waals surface area contributed by atoms with Crippen molar-refractivity contribution >= 4 is 56.3 Å². The number of allylic oxidation sites excluding steroid dienone is 2. The second kappa shape index (κ2) is 10.1. The summed E-state index contributed by atoms with van der Waals surface area (Å²) in [6, 6.07) is 2.31. The maximum atomic E-state index is 13.6. The average molecular weight is 581 g/mol. The van der Waals surface area contributed by atoms with Gasteiger partial charge in [0.25, 0.3) is 5.69 Å². The van der Waals surface area contributed by atoms with E-state index in [0.717, 1.165) is 17.2 Å². The van der Waals surface area contributed by atoms with Crippen LogP contribution < -0.4 is 5.43 Å². The number of benzene rings is 1. The van der Waals surface area contributed by atoms with Crippen LogP contribution in [0.5, 0.6) is 0 Å². The van der Waals surface area contributed by atoms with Crippen LogP contribution in [0.25, 0.3) is 11.0 Å². The summed E-state index contributed by atoms with van der Waals surface area (Å²) in [6.07, 6.45) is -0.245. The Hall–Kier alpha value is -3.16. The van der Waals surface area contributed by atoms with Crippen molar-refractivity contribution in [3.8, 4) is 0 Å². The van der Waals surface area contributed by atoms with E-state index in [-0.39, 0.29) is 51.2 Å². The molecule has 3 heterocycles. The van der Waals surface area contributed by atoms with Gasteiger partial charge in [0.1, 0.15) is 23.6 Å². The molecule has 0 saturated heterocycles. The molecule has 11 nitrogen and oxygen atoms in total. The number of carbonyl (C=O) groups excluding carboxylic acids is 2. The van der Waals surface area contributed by atoms with E-state index in [9.17, 15) is 24.5 Å². The number of ether oxygens (including phenoxy) is 3. The average Bonchev–Trinajstić information content (AvgIpc) is 3.11. The molecule has 0 bridgehead atoms. The molecular weight excluding hydrogens is 560 g/mol. The first-order chi connectivity index (χ1) is 17.1. The lowest BCUT2D eigenvalue weighted by molar-refractivity contribution is -0.384. The Morgan fingerprint density at radius 3 is 2.50 bits per heavy atom. The minimum absolute atomic E-state index is 0.00263. The number of nitrogens with zero attached hydrogens (tertiary/aromatic N) is 2. The van der Waals surface area contributed by atoms with Crippen molar-refractivity contribution in [3.63, 3.8) is 0 Å². The van der Waals surface area contributed by atoms with Crippen molar-refractivity contribution in [2.45, 2.75) is 39.4 Å². The Labute approximate surface area is 217 Å². The van der Waals surface area contributed by atoms with Gasteiger partial charge in [0.15, 0.2) is 16.6 Å². The van der Waals surface area contributed by atoms with Gasteiger partial charge < -0.3 is 23.5 Å². The fourth-order valence-corrected chi connectivity index (χ4v) is 5.60. The predicted molar refractivity (Wildman–Crippen MR) is 133 cm³/mol. The number of nitro groups is 1. The Kier molecular flexibility index (Phi) is 7.25. The molecule has 0 N–H and O–H groups in total. The molecule has 0 saturated carbocycles. The smallest absolute Gasteiger partial charge is 0.355 e. The number of nitro benzene ring substituents is 1. The standard InChI is InChI=1S/C23H21BrN2O9S/c1-5-32-21(28)16-17(22(29)33-6-2)25-10(3)11(4)36-23(25)35-20(16)14-9-34-19-13(18(14)27)7-12(26(30)31)8-15(19)24/h7-9,20,23H,5-6H2,1-4H3. The van der Waals surface area contributed by atoms with Gasteiger partial charge in [0.2, 0.25) is 0 Å². The number of non-ortho nitro benzene ring substituents is 1. The van der Waals surface area contributed by atoms with Gasteiger partial charge in [-0.05, 0) is 43.6 Å². The van der Waals surface area contributed by atoms with E-state index in [1.54, 1.807) is 25.7 Å². The lowest BCUT2D eigenvalue weighted by Gasteiger charge is -2.38. The third-order valence-corrected chi connectivity index (χ3v) is 7.43. The van der Waals surface area contributed by atoms with Gasteiger partial charge in [-0.3, -0.25) is 14.9 Å². The maximum absolute atomic E-state index is 13.6. The maximum Gasteiger partial charge on any atom is 0.355 e. The molecular formula is C23H21BrN2O9S. The van der Waals surface area contributed by atoms with Crippen molar-refractivity contribution in [1.82, 2.24) is 4.90 Å². The van der Waals surface area contributed by atoms with E-state index < -0.39 is 34.0 Å². The van der Waals surface area contributed by atoms with Gasteiger partial charge >= 0.3 is 11.9 Å². The highest BCUT2D eigenvalue weighted by Crippen LogP contribution is 2.49. The Morgan fingerprint density at radius 2 is 1.86 bits per heavy atom. The summed E-state index contributed by atoms with van der Waals surface area (Å²) in [5.41, 5.74) is -1.45. The van der Waals surface area contributed by atoms with E-state index in [0.29, 0.717) is 5.70 Å². The first-order valence-corrected chi connectivity index (χ1v) is 12.5. The molecule has 190 valence electrons. The van der Waals surface area contributed by atoms with Crippen molar-refractivity contribution in [2.75, 3.05) is 13.2 Å².